The van der Waals surface area contributed by atoms with Gasteiger partial charge in [-0.2, -0.15) is 0 Å². The Balaban J connectivity index is 1.96. The monoisotopic (exact) mass is 327 g/mol. The number of benzene rings is 1. The summed E-state index contributed by atoms with van der Waals surface area (Å²) in [6.07, 6.45) is 4.81. The Morgan fingerprint density at radius 3 is 2.67 bits per heavy atom. The third kappa shape index (κ3) is 5.06. The van der Waals surface area contributed by atoms with Crippen molar-refractivity contribution in [3.05, 3.63) is 39.9 Å². The molecule has 0 bridgehead atoms. The van der Waals surface area contributed by atoms with Crippen molar-refractivity contribution in [2.45, 2.75) is 25.3 Å². The normalized spacial score (nSPS) is 15.9. The number of hydrogen-bond donors (Lipinski definition) is 2. The minimum atomic E-state index is -0.906. The molecule has 1 atom stereocenters. The Bertz CT molecular complexity index is 582. The third-order valence-electron chi connectivity index (χ3n) is 3.29. The van der Waals surface area contributed by atoms with Gasteiger partial charge >= 0.3 is 5.97 Å². The second kappa shape index (κ2) is 6.96. The Morgan fingerprint density at radius 1 is 1.38 bits per heavy atom. The van der Waals surface area contributed by atoms with Gasteiger partial charge in [0.05, 0.1) is 6.42 Å². The smallest absolute Gasteiger partial charge is 0.305 e. The first-order chi connectivity index (χ1) is 9.95. The standard InChI is InChI=1S/C15H15Cl2NO3/c16-11-5-3-9(12(17)7-11)4-6-14(19)18-13(8-15(20)21)10-1-2-10/h3-7,10,13H,1-2,8H2,(H,18,19)(H,20,21)/b6-4+. The molecule has 1 amide bonds. The van der Waals surface area contributed by atoms with Gasteiger partial charge in [0.25, 0.3) is 0 Å². The van der Waals surface area contributed by atoms with Crippen molar-refractivity contribution in [2.75, 3.05) is 0 Å². The molecule has 2 rings (SSSR count). The molecule has 21 heavy (non-hydrogen) atoms. The van der Waals surface area contributed by atoms with Gasteiger partial charge in [-0.3, -0.25) is 9.59 Å². The summed E-state index contributed by atoms with van der Waals surface area (Å²) in [5, 5.41) is 12.6. The van der Waals surface area contributed by atoms with Crippen LogP contribution < -0.4 is 5.32 Å². The maximum absolute atomic E-state index is 11.9. The van der Waals surface area contributed by atoms with Gasteiger partial charge in [0, 0.05) is 22.2 Å². The van der Waals surface area contributed by atoms with E-state index in [0.29, 0.717) is 15.6 Å². The van der Waals surface area contributed by atoms with Crippen LogP contribution in [0, 0.1) is 5.92 Å². The Labute approximate surface area is 132 Å². The van der Waals surface area contributed by atoms with Crippen molar-refractivity contribution >= 4 is 41.2 Å². The van der Waals surface area contributed by atoms with Crippen molar-refractivity contribution in [1.82, 2.24) is 5.32 Å². The number of carboxylic acids is 1. The molecule has 1 aromatic carbocycles. The van der Waals surface area contributed by atoms with Crippen molar-refractivity contribution in [1.29, 1.82) is 0 Å². The molecule has 6 heteroatoms. The number of carboxylic acid groups (broad SMARTS) is 1. The molecule has 0 spiro atoms. The molecule has 1 saturated carbocycles. The Morgan fingerprint density at radius 2 is 2.10 bits per heavy atom. The summed E-state index contributed by atoms with van der Waals surface area (Å²) in [5.41, 5.74) is 0.678. The van der Waals surface area contributed by atoms with Crippen LogP contribution in [0.3, 0.4) is 0 Å². The van der Waals surface area contributed by atoms with Crippen LogP contribution in [0.25, 0.3) is 6.08 Å². The number of carbonyl (C=O) groups is 2. The molecular weight excluding hydrogens is 313 g/mol. The largest absolute Gasteiger partial charge is 0.481 e. The first-order valence-electron chi connectivity index (χ1n) is 6.61. The predicted molar refractivity (Wildman–Crippen MR) is 82.4 cm³/mol. The first kappa shape index (κ1) is 15.9. The summed E-state index contributed by atoms with van der Waals surface area (Å²) < 4.78 is 0. The van der Waals surface area contributed by atoms with Crippen molar-refractivity contribution in [3.8, 4) is 0 Å². The third-order valence-corrected chi connectivity index (χ3v) is 3.85. The van der Waals surface area contributed by atoms with Crippen LogP contribution >= 0.6 is 23.2 Å². The van der Waals surface area contributed by atoms with Gasteiger partial charge < -0.3 is 10.4 Å². The molecular formula is C15H15Cl2NO3. The molecule has 1 aliphatic rings. The number of carbonyl (C=O) groups excluding carboxylic acids is 1. The molecule has 1 aromatic rings. The lowest BCUT2D eigenvalue weighted by Crippen LogP contribution is -2.37. The summed E-state index contributed by atoms with van der Waals surface area (Å²) >= 11 is 11.8. The van der Waals surface area contributed by atoms with Crippen molar-refractivity contribution < 1.29 is 14.7 Å². The van der Waals surface area contributed by atoms with E-state index in [2.05, 4.69) is 5.32 Å². The van der Waals surface area contributed by atoms with Gasteiger partial charge in [0.15, 0.2) is 0 Å². The van der Waals surface area contributed by atoms with Crippen LogP contribution in [0.4, 0.5) is 0 Å². The zero-order valence-corrected chi connectivity index (χ0v) is 12.7. The fourth-order valence-corrected chi connectivity index (χ4v) is 2.53. The molecule has 1 aliphatic carbocycles. The molecule has 0 aliphatic heterocycles. The van der Waals surface area contributed by atoms with E-state index < -0.39 is 5.97 Å². The highest BCUT2D eigenvalue weighted by atomic mass is 35.5. The maximum atomic E-state index is 11.9. The molecule has 2 N–H and O–H groups in total. The van der Waals surface area contributed by atoms with Crippen LogP contribution in [0.1, 0.15) is 24.8 Å². The van der Waals surface area contributed by atoms with Gasteiger partial charge in [-0.25, -0.2) is 0 Å². The van der Waals surface area contributed by atoms with Gasteiger partial charge in [-0.15, -0.1) is 0 Å². The number of aliphatic carboxylic acids is 1. The van der Waals surface area contributed by atoms with Crippen molar-refractivity contribution in [3.63, 3.8) is 0 Å². The zero-order valence-electron chi connectivity index (χ0n) is 11.2. The van der Waals surface area contributed by atoms with Crippen LogP contribution in [-0.2, 0) is 9.59 Å². The van der Waals surface area contributed by atoms with Gasteiger partial charge in [0.1, 0.15) is 0 Å². The van der Waals surface area contributed by atoms with E-state index in [9.17, 15) is 9.59 Å². The van der Waals surface area contributed by atoms with E-state index in [4.69, 9.17) is 28.3 Å². The molecule has 1 fully saturated rings. The van der Waals surface area contributed by atoms with Crippen LogP contribution in [-0.4, -0.2) is 23.0 Å². The van der Waals surface area contributed by atoms with E-state index in [1.165, 1.54) is 6.08 Å². The highest BCUT2D eigenvalue weighted by Gasteiger charge is 2.33. The maximum Gasteiger partial charge on any atom is 0.305 e. The summed E-state index contributed by atoms with van der Waals surface area (Å²) in [6.45, 7) is 0. The quantitative estimate of drug-likeness (QED) is 0.787. The molecule has 0 saturated heterocycles. The predicted octanol–water partition coefficient (Wildman–Crippen LogP) is 3.38. The second-order valence-electron chi connectivity index (χ2n) is 5.05. The fourth-order valence-electron chi connectivity index (χ4n) is 2.06. The molecule has 0 aromatic heterocycles. The Hall–Kier alpha value is -1.52. The Kier molecular flexibility index (Phi) is 5.26. The lowest BCUT2D eigenvalue weighted by atomic mass is 10.1. The highest BCUT2D eigenvalue weighted by Crippen LogP contribution is 2.34. The van der Waals surface area contributed by atoms with E-state index >= 15 is 0 Å². The lowest BCUT2D eigenvalue weighted by molar-refractivity contribution is -0.137. The number of halogens is 2. The first-order valence-corrected chi connectivity index (χ1v) is 7.36. The van der Waals surface area contributed by atoms with Crippen molar-refractivity contribution in [2.24, 2.45) is 5.92 Å². The highest BCUT2D eigenvalue weighted by molar-refractivity contribution is 6.35. The average Bonchev–Trinajstić information content (AvgIpc) is 3.20. The van der Waals surface area contributed by atoms with Crippen LogP contribution in [0.2, 0.25) is 10.0 Å². The topological polar surface area (TPSA) is 66.4 Å². The minimum absolute atomic E-state index is 0.0497. The van der Waals surface area contributed by atoms with Gasteiger partial charge in [-0.1, -0.05) is 29.3 Å². The molecule has 4 nitrogen and oxygen atoms in total. The van der Waals surface area contributed by atoms with E-state index in [-0.39, 0.29) is 24.3 Å². The summed E-state index contributed by atoms with van der Waals surface area (Å²) in [6, 6.07) is 4.69. The second-order valence-corrected chi connectivity index (χ2v) is 5.89. The SMILES string of the molecule is O=C(O)CC(NC(=O)/C=C/c1ccc(Cl)cc1Cl)C1CC1. The van der Waals surface area contributed by atoms with Crippen LogP contribution in [0.15, 0.2) is 24.3 Å². The molecule has 112 valence electrons. The number of hydrogen-bond acceptors (Lipinski definition) is 2. The zero-order chi connectivity index (χ0) is 15.4. The fraction of sp³-hybridized carbons (Fsp3) is 0.333. The van der Waals surface area contributed by atoms with Gasteiger partial charge in [0.2, 0.25) is 5.91 Å². The molecule has 0 radical (unpaired) electrons. The number of amides is 1. The average molecular weight is 328 g/mol. The number of nitrogens with one attached hydrogen (secondary N) is 1. The van der Waals surface area contributed by atoms with Gasteiger partial charge in [-0.05, 0) is 42.5 Å². The van der Waals surface area contributed by atoms with E-state index in [1.54, 1.807) is 24.3 Å². The van der Waals surface area contributed by atoms with E-state index in [0.717, 1.165) is 12.8 Å². The molecule has 0 heterocycles. The minimum Gasteiger partial charge on any atom is -0.481 e. The van der Waals surface area contributed by atoms with Crippen LogP contribution in [0.5, 0.6) is 0 Å². The summed E-state index contributed by atoms with van der Waals surface area (Å²) in [7, 11) is 0. The molecule has 1 unspecified atom stereocenters. The lowest BCUT2D eigenvalue weighted by Gasteiger charge is -2.14. The number of rotatable bonds is 6. The summed E-state index contributed by atoms with van der Waals surface area (Å²) in [5.74, 6) is -0.950. The van der Waals surface area contributed by atoms with E-state index in [1.807, 2.05) is 0 Å². The summed E-state index contributed by atoms with van der Waals surface area (Å²) in [4.78, 5) is 22.6.